The smallest absolute Gasteiger partial charge is 0.172 e. The van der Waals surface area contributed by atoms with Gasteiger partial charge in [0.05, 0.1) is 12.2 Å². The molecule has 0 bridgehead atoms. The number of ether oxygens (including phenoxy) is 2. The first-order chi connectivity index (χ1) is 8.74. The molecule has 5 heteroatoms. The highest BCUT2D eigenvalue weighted by molar-refractivity contribution is 5.06. The van der Waals surface area contributed by atoms with E-state index >= 15 is 0 Å². The number of hydrogen-bond acceptors (Lipinski definition) is 4. The maximum absolute atomic E-state index is 5.35. The Morgan fingerprint density at radius 2 is 2.06 bits per heavy atom. The molecule has 1 aromatic rings. The van der Waals surface area contributed by atoms with Crippen molar-refractivity contribution in [3.05, 3.63) is 18.0 Å². The highest BCUT2D eigenvalue weighted by Crippen LogP contribution is 2.09. The highest BCUT2D eigenvalue weighted by atomic mass is 16.7. The van der Waals surface area contributed by atoms with Crippen LogP contribution in [0.4, 0.5) is 0 Å². The fourth-order valence-electron chi connectivity index (χ4n) is 1.96. The number of rotatable bonds is 9. The van der Waals surface area contributed by atoms with Crippen LogP contribution in [0.1, 0.15) is 25.8 Å². The Morgan fingerprint density at radius 1 is 1.33 bits per heavy atom. The molecule has 1 N–H and O–H groups in total. The van der Waals surface area contributed by atoms with Crippen molar-refractivity contribution in [2.75, 3.05) is 20.8 Å². The van der Waals surface area contributed by atoms with Gasteiger partial charge in [-0.15, -0.1) is 0 Å². The van der Waals surface area contributed by atoms with Crippen molar-refractivity contribution in [3.8, 4) is 0 Å². The molecule has 0 radical (unpaired) electrons. The van der Waals surface area contributed by atoms with E-state index in [0.717, 1.165) is 25.9 Å². The average Bonchev–Trinajstić information content (AvgIpc) is 2.84. The molecule has 1 unspecified atom stereocenters. The summed E-state index contributed by atoms with van der Waals surface area (Å²) >= 11 is 0. The molecule has 0 fully saturated rings. The van der Waals surface area contributed by atoms with Crippen LogP contribution in [0.3, 0.4) is 0 Å². The summed E-state index contributed by atoms with van der Waals surface area (Å²) in [7, 11) is 3.34. The van der Waals surface area contributed by atoms with Gasteiger partial charge in [0.1, 0.15) is 0 Å². The van der Waals surface area contributed by atoms with Crippen LogP contribution in [0, 0.1) is 0 Å². The van der Waals surface area contributed by atoms with Gasteiger partial charge in [-0.1, -0.05) is 6.92 Å². The molecule has 104 valence electrons. The van der Waals surface area contributed by atoms with Crippen LogP contribution in [-0.4, -0.2) is 42.9 Å². The summed E-state index contributed by atoms with van der Waals surface area (Å²) < 4.78 is 12.6. The van der Waals surface area contributed by atoms with Gasteiger partial charge in [0.2, 0.25) is 0 Å². The molecule has 0 aliphatic carbocycles. The van der Waals surface area contributed by atoms with Gasteiger partial charge in [-0.25, -0.2) is 0 Å². The second kappa shape index (κ2) is 8.24. The minimum atomic E-state index is -0.235. The molecule has 1 rings (SSSR count). The van der Waals surface area contributed by atoms with Crippen LogP contribution in [0.25, 0.3) is 0 Å². The molecule has 0 saturated heterocycles. The number of aryl methyl sites for hydroxylation is 1. The molecule has 1 atom stereocenters. The Morgan fingerprint density at radius 3 is 2.56 bits per heavy atom. The van der Waals surface area contributed by atoms with E-state index in [9.17, 15) is 0 Å². The summed E-state index contributed by atoms with van der Waals surface area (Å²) in [5, 5.41) is 7.75. The Balaban J connectivity index is 2.64. The third-order valence-electron chi connectivity index (χ3n) is 2.92. The molecule has 0 aliphatic heterocycles. The third kappa shape index (κ3) is 4.40. The lowest BCUT2D eigenvalue weighted by molar-refractivity contribution is -0.122. The van der Waals surface area contributed by atoms with E-state index in [4.69, 9.17) is 9.47 Å². The fraction of sp³-hybridized carbons (Fsp3) is 0.769. The molecule has 5 nitrogen and oxygen atoms in total. The van der Waals surface area contributed by atoms with Crippen LogP contribution in [0.15, 0.2) is 12.4 Å². The predicted molar refractivity (Wildman–Crippen MR) is 71.5 cm³/mol. The summed E-state index contributed by atoms with van der Waals surface area (Å²) in [6.07, 6.45) is 5.69. The maximum atomic E-state index is 5.35. The molecular formula is C13H25N3O2. The van der Waals surface area contributed by atoms with Gasteiger partial charge < -0.3 is 14.8 Å². The van der Waals surface area contributed by atoms with Crippen molar-refractivity contribution in [3.63, 3.8) is 0 Å². The van der Waals surface area contributed by atoms with E-state index < -0.39 is 0 Å². The van der Waals surface area contributed by atoms with E-state index in [1.807, 2.05) is 10.9 Å². The molecule has 0 spiro atoms. The lowest BCUT2D eigenvalue weighted by atomic mass is 10.1. The standard InChI is InChI=1S/C13H25N3O2/c1-5-7-14-12(13(17-3)18-4)8-11-9-15-16(6-2)10-11/h9-10,12-14H,5-8H2,1-4H3. The monoisotopic (exact) mass is 255 g/mol. The molecule has 0 amide bonds. The van der Waals surface area contributed by atoms with Crippen LogP contribution in [0.2, 0.25) is 0 Å². The number of methoxy groups -OCH3 is 2. The first kappa shape index (κ1) is 15.1. The third-order valence-corrected chi connectivity index (χ3v) is 2.92. The first-order valence-corrected chi connectivity index (χ1v) is 6.55. The largest absolute Gasteiger partial charge is 0.354 e. The molecule has 0 saturated carbocycles. The molecule has 18 heavy (non-hydrogen) atoms. The van der Waals surface area contributed by atoms with Gasteiger partial charge >= 0.3 is 0 Å². The zero-order chi connectivity index (χ0) is 13.4. The van der Waals surface area contributed by atoms with E-state index in [1.165, 1.54) is 5.56 Å². The second-order valence-corrected chi connectivity index (χ2v) is 4.31. The van der Waals surface area contributed by atoms with Gasteiger partial charge in [-0.2, -0.15) is 5.10 Å². The normalized spacial score (nSPS) is 13.2. The number of nitrogens with one attached hydrogen (secondary N) is 1. The zero-order valence-corrected chi connectivity index (χ0v) is 11.8. The van der Waals surface area contributed by atoms with E-state index in [0.29, 0.717) is 0 Å². The summed E-state index contributed by atoms with van der Waals surface area (Å²) in [4.78, 5) is 0. The molecule has 1 heterocycles. The van der Waals surface area contributed by atoms with Gasteiger partial charge in [-0.3, -0.25) is 4.68 Å². The van der Waals surface area contributed by atoms with Crippen molar-refractivity contribution in [2.24, 2.45) is 0 Å². The molecule has 0 aromatic carbocycles. The fourth-order valence-corrected chi connectivity index (χ4v) is 1.96. The zero-order valence-electron chi connectivity index (χ0n) is 11.8. The first-order valence-electron chi connectivity index (χ1n) is 6.55. The van der Waals surface area contributed by atoms with Crippen LogP contribution in [-0.2, 0) is 22.4 Å². The van der Waals surface area contributed by atoms with Crippen LogP contribution >= 0.6 is 0 Å². The van der Waals surface area contributed by atoms with E-state index in [-0.39, 0.29) is 12.3 Å². The van der Waals surface area contributed by atoms with Crippen molar-refractivity contribution in [1.29, 1.82) is 0 Å². The number of hydrogen-bond donors (Lipinski definition) is 1. The minimum absolute atomic E-state index is 0.148. The van der Waals surface area contributed by atoms with Crippen molar-refractivity contribution in [2.45, 2.75) is 45.6 Å². The molecular weight excluding hydrogens is 230 g/mol. The predicted octanol–water partition coefficient (Wildman–Crippen LogP) is 1.43. The summed E-state index contributed by atoms with van der Waals surface area (Å²) in [5.41, 5.74) is 1.20. The topological polar surface area (TPSA) is 48.3 Å². The SMILES string of the molecule is CCCNC(Cc1cnn(CC)c1)C(OC)OC. The van der Waals surface area contributed by atoms with Crippen LogP contribution in [0.5, 0.6) is 0 Å². The van der Waals surface area contributed by atoms with Crippen LogP contribution < -0.4 is 5.32 Å². The second-order valence-electron chi connectivity index (χ2n) is 4.31. The summed E-state index contributed by atoms with van der Waals surface area (Å²) in [6.45, 7) is 6.07. The van der Waals surface area contributed by atoms with Gasteiger partial charge in [0.25, 0.3) is 0 Å². The van der Waals surface area contributed by atoms with E-state index in [1.54, 1.807) is 14.2 Å². The van der Waals surface area contributed by atoms with E-state index in [2.05, 4.69) is 30.5 Å². The summed E-state index contributed by atoms with van der Waals surface area (Å²) in [6, 6.07) is 0.148. The Labute approximate surface area is 109 Å². The number of nitrogens with zero attached hydrogens (tertiary/aromatic N) is 2. The van der Waals surface area contributed by atoms with Gasteiger partial charge in [0.15, 0.2) is 6.29 Å². The Bertz CT molecular complexity index is 324. The van der Waals surface area contributed by atoms with Crippen molar-refractivity contribution >= 4 is 0 Å². The lowest BCUT2D eigenvalue weighted by Crippen LogP contribution is -2.43. The molecule has 0 aliphatic rings. The van der Waals surface area contributed by atoms with Gasteiger partial charge in [-0.05, 0) is 31.9 Å². The lowest BCUT2D eigenvalue weighted by Gasteiger charge is -2.25. The van der Waals surface area contributed by atoms with Crippen molar-refractivity contribution in [1.82, 2.24) is 15.1 Å². The highest BCUT2D eigenvalue weighted by Gasteiger charge is 2.21. The Hall–Kier alpha value is -0.910. The van der Waals surface area contributed by atoms with Gasteiger partial charge in [0, 0.05) is 27.0 Å². The minimum Gasteiger partial charge on any atom is -0.354 e. The quantitative estimate of drug-likeness (QED) is 0.678. The molecule has 1 aromatic heterocycles. The number of aromatic nitrogens is 2. The maximum Gasteiger partial charge on any atom is 0.172 e. The average molecular weight is 255 g/mol. The van der Waals surface area contributed by atoms with Crippen molar-refractivity contribution < 1.29 is 9.47 Å². The summed E-state index contributed by atoms with van der Waals surface area (Å²) in [5.74, 6) is 0. The Kier molecular flexibility index (Phi) is 6.93.